The third-order valence-electron chi connectivity index (χ3n) is 3.44. The highest BCUT2D eigenvalue weighted by Gasteiger charge is 2.36. The lowest BCUT2D eigenvalue weighted by atomic mass is 9.95. The van der Waals surface area contributed by atoms with E-state index in [0.717, 1.165) is 23.2 Å². The highest BCUT2D eigenvalue weighted by Crippen LogP contribution is 2.34. The second-order valence-electron chi connectivity index (χ2n) is 6.49. The normalized spacial score (nSPS) is 26.6. The molecule has 0 aromatic heterocycles. The number of ether oxygens (including phenoxy) is 2. The van der Waals surface area contributed by atoms with E-state index in [0.29, 0.717) is 6.79 Å². The zero-order valence-corrected chi connectivity index (χ0v) is 12.8. The zero-order chi connectivity index (χ0) is 13.6. The first-order valence-electron chi connectivity index (χ1n) is 7.15. The van der Waals surface area contributed by atoms with Crippen LogP contribution in [-0.4, -0.2) is 44.6 Å². The van der Waals surface area contributed by atoms with Gasteiger partial charge in [-0.05, 0) is 13.3 Å². The Kier molecular flexibility index (Phi) is 5.67. The van der Waals surface area contributed by atoms with Crippen LogP contribution in [0.1, 0.15) is 46.0 Å². The molecule has 0 aromatic carbocycles. The molecule has 1 fully saturated rings. The van der Waals surface area contributed by atoms with E-state index in [-0.39, 0.29) is 5.60 Å². The van der Waals surface area contributed by atoms with Gasteiger partial charge < -0.3 is 14.0 Å². The molecule has 106 valence electrons. The Labute approximate surface area is 112 Å². The lowest BCUT2D eigenvalue weighted by Crippen LogP contribution is -2.35. The summed E-state index contributed by atoms with van der Waals surface area (Å²) in [5, 5.41) is 0. The van der Waals surface area contributed by atoms with E-state index in [2.05, 4.69) is 41.1 Å². The molecule has 0 aliphatic carbocycles. The summed E-state index contributed by atoms with van der Waals surface area (Å²) in [7, 11) is 6.56. The predicted octanol–water partition coefficient (Wildman–Crippen LogP) is 3.31. The van der Waals surface area contributed by atoms with Crippen LogP contribution in [0.4, 0.5) is 0 Å². The molecule has 0 aromatic rings. The summed E-state index contributed by atoms with van der Waals surface area (Å²) >= 11 is 0. The van der Waals surface area contributed by atoms with Gasteiger partial charge in [-0.25, -0.2) is 0 Å². The van der Waals surface area contributed by atoms with Crippen LogP contribution in [0.15, 0.2) is 11.8 Å². The van der Waals surface area contributed by atoms with Gasteiger partial charge in [0.1, 0.15) is 17.9 Å². The summed E-state index contributed by atoms with van der Waals surface area (Å²) in [6, 6.07) is 0. The van der Waals surface area contributed by atoms with E-state index in [1.54, 1.807) is 0 Å². The fraction of sp³-hybridized carbons (Fsp3) is 0.867. The van der Waals surface area contributed by atoms with E-state index in [9.17, 15) is 0 Å². The average molecular weight is 256 g/mol. The molecule has 1 saturated heterocycles. The Morgan fingerprint density at radius 1 is 1.22 bits per heavy atom. The van der Waals surface area contributed by atoms with Crippen molar-refractivity contribution in [2.24, 2.45) is 0 Å². The molecular formula is C15H30NO2+. The van der Waals surface area contributed by atoms with Crippen LogP contribution in [0.2, 0.25) is 0 Å². The van der Waals surface area contributed by atoms with Crippen LogP contribution < -0.4 is 0 Å². The van der Waals surface area contributed by atoms with E-state index in [4.69, 9.17) is 9.47 Å². The molecule has 0 amide bonds. The van der Waals surface area contributed by atoms with Gasteiger partial charge in [-0.1, -0.05) is 32.6 Å². The average Bonchev–Trinajstić information content (AvgIpc) is 2.63. The zero-order valence-electron chi connectivity index (χ0n) is 12.8. The van der Waals surface area contributed by atoms with Crippen LogP contribution >= 0.6 is 0 Å². The third-order valence-corrected chi connectivity index (χ3v) is 3.44. The van der Waals surface area contributed by atoms with Crippen LogP contribution in [0, 0.1) is 0 Å². The maximum absolute atomic E-state index is 5.80. The standard InChI is InChI=1S/C15H30NO2/c1-6-7-8-9-11-15(2)14(17-13-18-15)10-12-16(3,4)5/h10H,6-9,11-13H2,1-5H3/q+1. The van der Waals surface area contributed by atoms with Crippen molar-refractivity contribution < 1.29 is 14.0 Å². The largest absolute Gasteiger partial charge is 0.469 e. The number of unbranched alkanes of at least 4 members (excludes halogenated alkanes) is 3. The Balaban J connectivity index is 2.51. The second-order valence-corrected chi connectivity index (χ2v) is 6.49. The number of hydrogen-bond acceptors (Lipinski definition) is 2. The van der Waals surface area contributed by atoms with Gasteiger partial charge in [-0.15, -0.1) is 0 Å². The fourth-order valence-electron chi connectivity index (χ4n) is 2.16. The molecule has 1 heterocycles. The molecular weight excluding hydrogens is 226 g/mol. The summed E-state index contributed by atoms with van der Waals surface area (Å²) < 4.78 is 12.4. The van der Waals surface area contributed by atoms with Crippen LogP contribution in [0.3, 0.4) is 0 Å². The molecule has 0 N–H and O–H groups in total. The van der Waals surface area contributed by atoms with Crippen molar-refractivity contribution in [1.82, 2.24) is 0 Å². The Morgan fingerprint density at radius 3 is 2.56 bits per heavy atom. The van der Waals surface area contributed by atoms with Gasteiger partial charge in [-0.2, -0.15) is 0 Å². The van der Waals surface area contributed by atoms with Gasteiger partial charge in [-0.3, -0.25) is 0 Å². The van der Waals surface area contributed by atoms with Gasteiger partial charge in [0.05, 0.1) is 21.1 Å². The van der Waals surface area contributed by atoms with Gasteiger partial charge in [0, 0.05) is 6.08 Å². The Morgan fingerprint density at radius 2 is 1.94 bits per heavy atom. The van der Waals surface area contributed by atoms with Gasteiger partial charge >= 0.3 is 0 Å². The van der Waals surface area contributed by atoms with Crippen molar-refractivity contribution in [3.8, 4) is 0 Å². The first-order chi connectivity index (χ1) is 8.37. The Hall–Kier alpha value is -0.540. The van der Waals surface area contributed by atoms with E-state index < -0.39 is 0 Å². The third kappa shape index (κ3) is 4.99. The summed E-state index contributed by atoms with van der Waals surface area (Å²) in [6.45, 7) is 5.79. The minimum Gasteiger partial charge on any atom is -0.469 e. The van der Waals surface area contributed by atoms with Crippen molar-refractivity contribution in [2.45, 2.75) is 51.6 Å². The molecule has 3 nitrogen and oxygen atoms in total. The maximum Gasteiger partial charge on any atom is 0.189 e. The molecule has 0 saturated carbocycles. The molecule has 0 bridgehead atoms. The molecule has 1 rings (SSSR count). The molecule has 0 spiro atoms. The quantitative estimate of drug-likeness (QED) is 0.514. The van der Waals surface area contributed by atoms with Gasteiger partial charge in [0.25, 0.3) is 0 Å². The van der Waals surface area contributed by atoms with Crippen molar-refractivity contribution in [3.05, 3.63) is 11.8 Å². The van der Waals surface area contributed by atoms with E-state index in [1.165, 1.54) is 25.7 Å². The van der Waals surface area contributed by atoms with Crippen molar-refractivity contribution in [1.29, 1.82) is 0 Å². The highest BCUT2D eigenvalue weighted by atomic mass is 16.7. The highest BCUT2D eigenvalue weighted by molar-refractivity contribution is 5.11. The van der Waals surface area contributed by atoms with Gasteiger partial charge in [0.15, 0.2) is 6.79 Å². The predicted molar refractivity (Wildman–Crippen MR) is 75.2 cm³/mol. The van der Waals surface area contributed by atoms with Crippen molar-refractivity contribution in [2.75, 3.05) is 34.5 Å². The lowest BCUT2D eigenvalue weighted by molar-refractivity contribution is -0.864. The molecule has 0 radical (unpaired) electrons. The summed E-state index contributed by atoms with van der Waals surface area (Å²) in [5.41, 5.74) is -0.192. The van der Waals surface area contributed by atoms with Gasteiger partial charge in [0.2, 0.25) is 0 Å². The number of rotatable bonds is 7. The molecule has 1 unspecified atom stereocenters. The van der Waals surface area contributed by atoms with Crippen molar-refractivity contribution >= 4 is 0 Å². The smallest absolute Gasteiger partial charge is 0.189 e. The second kappa shape index (κ2) is 6.58. The first-order valence-corrected chi connectivity index (χ1v) is 7.15. The SMILES string of the molecule is CCCCCCC1(C)OCOC1=CC[N+](C)(C)C. The van der Waals surface area contributed by atoms with Crippen LogP contribution in [0.5, 0.6) is 0 Å². The first kappa shape index (κ1) is 15.5. The maximum atomic E-state index is 5.80. The molecule has 1 aliphatic rings. The van der Waals surface area contributed by atoms with E-state index >= 15 is 0 Å². The minimum absolute atomic E-state index is 0.192. The summed E-state index contributed by atoms with van der Waals surface area (Å²) in [4.78, 5) is 0. The molecule has 1 atom stereocenters. The van der Waals surface area contributed by atoms with Crippen molar-refractivity contribution in [3.63, 3.8) is 0 Å². The molecule has 1 aliphatic heterocycles. The molecule has 3 heteroatoms. The lowest BCUT2D eigenvalue weighted by Gasteiger charge is -2.25. The summed E-state index contributed by atoms with van der Waals surface area (Å²) in [5.74, 6) is 1.03. The van der Waals surface area contributed by atoms with E-state index in [1.807, 2.05) is 0 Å². The number of quaternary nitrogens is 1. The summed E-state index contributed by atoms with van der Waals surface area (Å²) in [6.07, 6.45) is 8.36. The monoisotopic (exact) mass is 256 g/mol. The number of hydrogen-bond donors (Lipinski definition) is 0. The van der Waals surface area contributed by atoms with Crippen LogP contribution in [-0.2, 0) is 9.47 Å². The number of nitrogens with zero attached hydrogens (tertiary/aromatic N) is 1. The topological polar surface area (TPSA) is 18.5 Å². The minimum atomic E-state index is -0.192. The fourth-order valence-corrected chi connectivity index (χ4v) is 2.16. The van der Waals surface area contributed by atoms with Crippen LogP contribution in [0.25, 0.3) is 0 Å². The number of likely N-dealkylation sites (N-methyl/N-ethyl adjacent to an activating group) is 1. The molecule has 18 heavy (non-hydrogen) atoms. The Bertz CT molecular complexity index is 281.